The predicted molar refractivity (Wildman–Crippen MR) is 124 cm³/mol. The summed E-state index contributed by atoms with van der Waals surface area (Å²) in [5.41, 5.74) is 5.85. The number of hydrogen-bond acceptors (Lipinski definition) is 5. The highest BCUT2D eigenvalue weighted by atomic mass is 15.3. The van der Waals surface area contributed by atoms with Gasteiger partial charge in [0.1, 0.15) is 11.6 Å². The van der Waals surface area contributed by atoms with E-state index in [4.69, 9.17) is 0 Å². The SMILES string of the molecule is CCC1(Nc2c(C#N)cnc3ccc(-c4cnc5cnn(C)c5c4)cc23)C=CC=CC1. The van der Waals surface area contributed by atoms with Gasteiger partial charge in [-0.1, -0.05) is 37.3 Å². The number of benzene rings is 1. The summed E-state index contributed by atoms with van der Waals surface area (Å²) in [5.74, 6) is 0. The molecule has 31 heavy (non-hydrogen) atoms. The minimum Gasteiger partial charge on any atom is -0.374 e. The molecule has 0 radical (unpaired) electrons. The van der Waals surface area contributed by atoms with Gasteiger partial charge in [0, 0.05) is 30.4 Å². The lowest BCUT2D eigenvalue weighted by atomic mass is 9.87. The lowest BCUT2D eigenvalue weighted by molar-refractivity contribution is 0.558. The summed E-state index contributed by atoms with van der Waals surface area (Å²) in [7, 11) is 1.91. The van der Waals surface area contributed by atoms with Gasteiger partial charge in [-0.25, -0.2) is 0 Å². The molecular weight excluding hydrogens is 384 g/mol. The fourth-order valence-electron chi connectivity index (χ4n) is 4.13. The van der Waals surface area contributed by atoms with E-state index < -0.39 is 0 Å². The van der Waals surface area contributed by atoms with Gasteiger partial charge in [-0.05, 0) is 36.6 Å². The molecule has 0 aliphatic heterocycles. The number of anilines is 1. The fraction of sp³-hybridized carbons (Fsp3) is 0.200. The summed E-state index contributed by atoms with van der Waals surface area (Å²) in [5, 5.41) is 18.7. The van der Waals surface area contributed by atoms with E-state index in [-0.39, 0.29) is 5.54 Å². The molecule has 1 aliphatic rings. The molecule has 0 fully saturated rings. The molecule has 0 amide bonds. The quantitative estimate of drug-likeness (QED) is 0.508. The van der Waals surface area contributed by atoms with E-state index in [1.54, 1.807) is 12.4 Å². The number of nitrogens with one attached hydrogen (secondary N) is 1. The minimum atomic E-state index is -0.222. The Morgan fingerprint density at radius 2 is 1.97 bits per heavy atom. The molecule has 0 spiro atoms. The van der Waals surface area contributed by atoms with Crippen LogP contribution in [0.25, 0.3) is 33.1 Å². The Bertz CT molecular complexity index is 1410. The molecule has 1 N–H and O–H groups in total. The van der Waals surface area contributed by atoms with Gasteiger partial charge in [0.15, 0.2) is 0 Å². The van der Waals surface area contributed by atoms with Gasteiger partial charge >= 0.3 is 0 Å². The van der Waals surface area contributed by atoms with E-state index in [1.165, 1.54) is 0 Å². The largest absolute Gasteiger partial charge is 0.374 e. The van der Waals surface area contributed by atoms with Gasteiger partial charge in [-0.3, -0.25) is 14.6 Å². The highest BCUT2D eigenvalue weighted by Crippen LogP contribution is 2.35. The summed E-state index contributed by atoms with van der Waals surface area (Å²) in [6.45, 7) is 2.16. The van der Waals surface area contributed by atoms with E-state index in [2.05, 4.69) is 69.8 Å². The third-order valence-electron chi connectivity index (χ3n) is 6.07. The summed E-state index contributed by atoms with van der Waals surface area (Å²) < 4.78 is 1.82. The first-order valence-electron chi connectivity index (χ1n) is 10.4. The molecule has 1 aromatic carbocycles. The predicted octanol–water partition coefficient (Wildman–Crippen LogP) is 5.13. The molecule has 4 aromatic rings. The van der Waals surface area contributed by atoms with Crippen molar-refractivity contribution < 1.29 is 0 Å². The van der Waals surface area contributed by atoms with Gasteiger partial charge in [0.2, 0.25) is 0 Å². The van der Waals surface area contributed by atoms with Crippen LogP contribution in [0.15, 0.2) is 67.2 Å². The maximum absolute atomic E-state index is 9.79. The van der Waals surface area contributed by atoms with Crippen LogP contribution >= 0.6 is 0 Å². The number of hydrogen-bond donors (Lipinski definition) is 1. The molecule has 152 valence electrons. The van der Waals surface area contributed by atoms with Crippen molar-refractivity contribution in [3.63, 3.8) is 0 Å². The number of pyridine rings is 2. The molecule has 0 saturated heterocycles. The van der Waals surface area contributed by atoms with Crippen LogP contribution in [0, 0.1) is 11.3 Å². The van der Waals surface area contributed by atoms with Gasteiger partial charge in [0.05, 0.1) is 34.0 Å². The number of nitriles is 1. The van der Waals surface area contributed by atoms with E-state index in [1.807, 2.05) is 30.1 Å². The summed E-state index contributed by atoms with van der Waals surface area (Å²) in [4.78, 5) is 9.07. The summed E-state index contributed by atoms with van der Waals surface area (Å²) >= 11 is 0. The zero-order valence-corrected chi connectivity index (χ0v) is 17.5. The van der Waals surface area contributed by atoms with Crippen molar-refractivity contribution in [2.24, 2.45) is 7.05 Å². The van der Waals surface area contributed by atoms with Crippen LogP contribution in [-0.2, 0) is 7.05 Å². The average Bonchev–Trinajstić information content (AvgIpc) is 3.19. The van der Waals surface area contributed by atoms with Gasteiger partial charge in [-0.2, -0.15) is 10.4 Å². The summed E-state index contributed by atoms with van der Waals surface area (Å²) in [6.07, 6.45) is 15.5. The van der Waals surface area contributed by atoms with E-state index in [9.17, 15) is 5.26 Å². The second-order valence-electron chi connectivity index (χ2n) is 7.91. The van der Waals surface area contributed by atoms with Crippen molar-refractivity contribution in [3.8, 4) is 17.2 Å². The molecule has 1 unspecified atom stereocenters. The molecule has 1 aliphatic carbocycles. The number of nitrogens with zero attached hydrogens (tertiary/aromatic N) is 5. The molecule has 5 rings (SSSR count). The maximum atomic E-state index is 9.79. The van der Waals surface area contributed by atoms with Crippen LogP contribution < -0.4 is 5.32 Å². The molecule has 0 saturated carbocycles. The lowest BCUT2D eigenvalue weighted by Crippen LogP contribution is -2.36. The van der Waals surface area contributed by atoms with Crippen LogP contribution in [0.4, 0.5) is 5.69 Å². The number of aromatic nitrogens is 4. The van der Waals surface area contributed by atoms with Gasteiger partial charge in [0.25, 0.3) is 0 Å². The molecule has 6 nitrogen and oxygen atoms in total. The Balaban J connectivity index is 1.67. The molecule has 6 heteroatoms. The Labute approximate surface area is 180 Å². The topological polar surface area (TPSA) is 79.4 Å². The number of allylic oxidation sites excluding steroid dienone is 2. The monoisotopic (exact) mass is 406 g/mol. The zero-order valence-electron chi connectivity index (χ0n) is 17.5. The Hall–Kier alpha value is -3.98. The van der Waals surface area contributed by atoms with Crippen LogP contribution in [0.2, 0.25) is 0 Å². The first-order chi connectivity index (χ1) is 15.1. The Morgan fingerprint density at radius 1 is 1.10 bits per heavy atom. The maximum Gasteiger partial charge on any atom is 0.108 e. The molecular formula is C25H22N6. The fourth-order valence-corrected chi connectivity index (χ4v) is 4.13. The zero-order chi connectivity index (χ0) is 21.4. The normalized spacial score (nSPS) is 17.8. The third kappa shape index (κ3) is 3.24. The Kier molecular flexibility index (Phi) is 4.52. The first-order valence-corrected chi connectivity index (χ1v) is 10.4. The van der Waals surface area contributed by atoms with E-state index in [0.717, 1.165) is 51.6 Å². The highest BCUT2D eigenvalue weighted by molar-refractivity contribution is 5.97. The second kappa shape index (κ2) is 7.37. The van der Waals surface area contributed by atoms with Gasteiger partial charge in [-0.15, -0.1) is 0 Å². The van der Waals surface area contributed by atoms with Crippen molar-refractivity contribution >= 4 is 27.6 Å². The standard InChI is InChI=1S/C25H22N6/c1-3-25(9-5-4-6-10-25)30-24-19(13-26)15-27-21-8-7-17(11-20(21)24)18-12-23-22(28-14-18)16-29-31(23)2/h4-9,11-12,14-16H,3,10H2,1-2H3,(H,27,30). The van der Waals surface area contributed by atoms with Gasteiger partial charge < -0.3 is 5.32 Å². The molecule has 3 heterocycles. The summed E-state index contributed by atoms with van der Waals surface area (Å²) in [6, 6.07) is 10.5. The van der Waals surface area contributed by atoms with Crippen molar-refractivity contribution in [2.75, 3.05) is 5.32 Å². The lowest BCUT2D eigenvalue weighted by Gasteiger charge is -2.33. The van der Waals surface area contributed by atoms with Crippen molar-refractivity contribution in [3.05, 3.63) is 72.7 Å². The van der Waals surface area contributed by atoms with E-state index >= 15 is 0 Å². The number of rotatable bonds is 4. The van der Waals surface area contributed by atoms with E-state index in [0.29, 0.717) is 5.56 Å². The van der Waals surface area contributed by atoms with Crippen LogP contribution in [0.1, 0.15) is 25.3 Å². The third-order valence-corrected chi connectivity index (χ3v) is 6.07. The average molecular weight is 406 g/mol. The van der Waals surface area contributed by atoms with Crippen LogP contribution in [-0.4, -0.2) is 25.3 Å². The minimum absolute atomic E-state index is 0.222. The van der Waals surface area contributed by atoms with Crippen molar-refractivity contribution in [1.29, 1.82) is 5.26 Å². The Morgan fingerprint density at radius 3 is 2.74 bits per heavy atom. The number of fused-ring (bicyclic) bond motifs is 2. The van der Waals surface area contributed by atoms with Crippen LogP contribution in [0.5, 0.6) is 0 Å². The van der Waals surface area contributed by atoms with Crippen LogP contribution in [0.3, 0.4) is 0 Å². The van der Waals surface area contributed by atoms with Crippen molar-refractivity contribution in [1.82, 2.24) is 19.7 Å². The first kappa shape index (κ1) is 19.0. The molecule has 0 bridgehead atoms. The van der Waals surface area contributed by atoms with Crippen molar-refractivity contribution in [2.45, 2.75) is 25.3 Å². The molecule has 1 atom stereocenters. The smallest absolute Gasteiger partial charge is 0.108 e. The number of aryl methyl sites for hydroxylation is 1. The molecule has 3 aromatic heterocycles. The second-order valence-corrected chi connectivity index (χ2v) is 7.91. The highest BCUT2D eigenvalue weighted by Gasteiger charge is 2.27.